The minimum atomic E-state index is -0.655. The maximum Gasteiger partial charge on any atom is 0.338 e. The van der Waals surface area contributed by atoms with Crippen LogP contribution in [0.25, 0.3) is 0 Å². The lowest BCUT2D eigenvalue weighted by molar-refractivity contribution is -0.210. The molecule has 0 bridgehead atoms. The molecular formula is C22H24O5. The molecule has 27 heavy (non-hydrogen) atoms. The van der Waals surface area contributed by atoms with E-state index in [0.717, 1.165) is 5.56 Å². The first-order chi connectivity index (χ1) is 13.3. The van der Waals surface area contributed by atoms with E-state index in [0.29, 0.717) is 25.4 Å². The fraction of sp³-hybridized carbons (Fsp3) is 0.318. The maximum absolute atomic E-state index is 12.3. The first-order valence-electron chi connectivity index (χ1n) is 9.09. The molecule has 0 fully saturated rings. The molecule has 142 valence electrons. The molecule has 2 aromatic carbocycles. The predicted octanol–water partition coefficient (Wildman–Crippen LogP) is 3.75. The van der Waals surface area contributed by atoms with E-state index in [-0.39, 0.29) is 6.10 Å². The molecule has 1 aliphatic rings. The Morgan fingerprint density at radius 1 is 1.00 bits per heavy atom. The molecule has 5 heteroatoms. The summed E-state index contributed by atoms with van der Waals surface area (Å²) in [7, 11) is 0. The molecule has 3 atom stereocenters. The van der Waals surface area contributed by atoms with Crippen LogP contribution in [0.2, 0.25) is 0 Å². The fourth-order valence-electron chi connectivity index (χ4n) is 2.74. The Kier molecular flexibility index (Phi) is 7.16. The molecule has 2 aromatic rings. The van der Waals surface area contributed by atoms with Crippen LogP contribution < -0.4 is 0 Å². The number of carbonyl (C=O) groups is 1. The Labute approximate surface area is 159 Å². The third-order valence-corrected chi connectivity index (χ3v) is 4.07. The second-order valence-corrected chi connectivity index (χ2v) is 6.12. The van der Waals surface area contributed by atoms with Crippen molar-refractivity contribution in [3.63, 3.8) is 0 Å². The molecule has 3 rings (SSSR count). The van der Waals surface area contributed by atoms with Crippen LogP contribution in [0.5, 0.6) is 0 Å². The van der Waals surface area contributed by atoms with Crippen LogP contribution in [-0.2, 0) is 25.6 Å². The van der Waals surface area contributed by atoms with Crippen molar-refractivity contribution in [2.45, 2.75) is 32.0 Å². The Balaban J connectivity index is 1.54. The molecule has 0 aromatic heterocycles. The van der Waals surface area contributed by atoms with E-state index in [1.165, 1.54) is 0 Å². The van der Waals surface area contributed by atoms with Crippen LogP contribution in [0.3, 0.4) is 0 Å². The van der Waals surface area contributed by atoms with Gasteiger partial charge in [0, 0.05) is 6.61 Å². The molecule has 1 aliphatic heterocycles. The van der Waals surface area contributed by atoms with Crippen LogP contribution in [-0.4, -0.2) is 37.7 Å². The van der Waals surface area contributed by atoms with Gasteiger partial charge < -0.3 is 18.9 Å². The number of benzene rings is 2. The van der Waals surface area contributed by atoms with Gasteiger partial charge in [0.1, 0.15) is 6.10 Å². The van der Waals surface area contributed by atoms with E-state index in [2.05, 4.69) is 0 Å². The van der Waals surface area contributed by atoms with E-state index in [9.17, 15) is 4.79 Å². The zero-order valence-corrected chi connectivity index (χ0v) is 15.3. The molecule has 0 saturated carbocycles. The third kappa shape index (κ3) is 5.76. The van der Waals surface area contributed by atoms with Gasteiger partial charge in [-0.3, -0.25) is 0 Å². The van der Waals surface area contributed by atoms with E-state index in [1.807, 2.05) is 49.4 Å². The molecule has 0 amide bonds. The van der Waals surface area contributed by atoms with Gasteiger partial charge in [-0.25, -0.2) is 4.79 Å². The average Bonchev–Trinajstić information content (AvgIpc) is 2.71. The molecule has 5 nitrogen and oxygen atoms in total. The summed E-state index contributed by atoms with van der Waals surface area (Å²) in [5.41, 5.74) is 1.60. The van der Waals surface area contributed by atoms with Gasteiger partial charge in [-0.2, -0.15) is 0 Å². The highest BCUT2D eigenvalue weighted by atomic mass is 16.7. The van der Waals surface area contributed by atoms with Crippen molar-refractivity contribution >= 4 is 5.97 Å². The van der Waals surface area contributed by atoms with Gasteiger partial charge in [0.2, 0.25) is 0 Å². The van der Waals surface area contributed by atoms with Crippen molar-refractivity contribution in [3.8, 4) is 0 Å². The summed E-state index contributed by atoms with van der Waals surface area (Å²) in [4.78, 5) is 12.3. The zero-order chi connectivity index (χ0) is 18.9. The molecular weight excluding hydrogens is 344 g/mol. The molecule has 0 spiro atoms. The Morgan fingerprint density at radius 3 is 2.41 bits per heavy atom. The van der Waals surface area contributed by atoms with E-state index >= 15 is 0 Å². The van der Waals surface area contributed by atoms with Crippen molar-refractivity contribution in [1.29, 1.82) is 0 Å². The lowest BCUT2D eigenvalue weighted by atomic mass is 10.2. The topological polar surface area (TPSA) is 54.0 Å². The minimum absolute atomic E-state index is 0.253. The van der Waals surface area contributed by atoms with E-state index in [1.54, 1.807) is 30.3 Å². The number of carbonyl (C=O) groups excluding carboxylic acids is 1. The number of ether oxygens (including phenoxy) is 4. The minimum Gasteiger partial charge on any atom is -0.449 e. The van der Waals surface area contributed by atoms with Crippen molar-refractivity contribution < 1.29 is 23.7 Å². The number of hydrogen-bond acceptors (Lipinski definition) is 5. The molecule has 0 aliphatic carbocycles. The second-order valence-electron chi connectivity index (χ2n) is 6.12. The first-order valence-corrected chi connectivity index (χ1v) is 9.09. The van der Waals surface area contributed by atoms with E-state index in [4.69, 9.17) is 18.9 Å². The molecule has 0 radical (unpaired) electrons. The molecule has 0 N–H and O–H groups in total. The van der Waals surface area contributed by atoms with Gasteiger partial charge in [-0.05, 0) is 30.7 Å². The highest BCUT2D eigenvalue weighted by Crippen LogP contribution is 2.19. The lowest BCUT2D eigenvalue weighted by Crippen LogP contribution is -2.41. The smallest absolute Gasteiger partial charge is 0.338 e. The maximum atomic E-state index is 12.3. The standard InChI is InChI=1S/C22H24O5/c1-2-25-22-20(27-21(23)18-11-7-4-8-12-18)14-13-19(26-22)16-24-15-17-9-5-3-6-10-17/h3-14,19-20,22H,2,15-16H2,1H3/t19-,20+,22-/m0/s1. The van der Waals surface area contributed by atoms with Crippen molar-refractivity contribution in [3.05, 3.63) is 83.9 Å². The summed E-state index contributed by atoms with van der Waals surface area (Å²) >= 11 is 0. The van der Waals surface area contributed by atoms with Gasteiger partial charge in [-0.15, -0.1) is 0 Å². The SMILES string of the molecule is CCO[C@H]1O[C@H](COCc2ccccc2)C=C[C@H]1OC(=O)c1ccccc1. The Bertz CT molecular complexity index is 729. The van der Waals surface area contributed by atoms with Gasteiger partial charge in [-0.1, -0.05) is 54.6 Å². The van der Waals surface area contributed by atoms with Crippen LogP contribution in [0, 0.1) is 0 Å². The van der Waals surface area contributed by atoms with Gasteiger partial charge in [0.15, 0.2) is 12.4 Å². The highest BCUT2D eigenvalue weighted by Gasteiger charge is 2.31. The van der Waals surface area contributed by atoms with Gasteiger partial charge >= 0.3 is 5.97 Å². The van der Waals surface area contributed by atoms with Gasteiger partial charge in [0.05, 0.1) is 18.8 Å². The number of hydrogen-bond donors (Lipinski definition) is 0. The summed E-state index contributed by atoms with van der Waals surface area (Å²) in [5.74, 6) is -0.405. The fourth-order valence-corrected chi connectivity index (χ4v) is 2.74. The van der Waals surface area contributed by atoms with Crippen molar-refractivity contribution in [2.75, 3.05) is 13.2 Å². The largest absolute Gasteiger partial charge is 0.449 e. The van der Waals surface area contributed by atoms with Crippen molar-refractivity contribution in [1.82, 2.24) is 0 Å². The molecule has 1 heterocycles. The second kappa shape index (κ2) is 10.0. The Morgan fingerprint density at radius 2 is 1.70 bits per heavy atom. The predicted molar refractivity (Wildman–Crippen MR) is 101 cm³/mol. The normalized spacial score (nSPS) is 21.7. The van der Waals surface area contributed by atoms with Crippen LogP contribution in [0.1, 0.15) is 22.8 Å². The highest BCUT2D eigenvalue weighted by molar-refractivity contribution is 5.89. The van der Waals surface area contributed by atoms with Crippen molar-refractivity contribution in [2.24, 2.45) is 0 Å². The third-order valence-electron chi connectivity index (χ3n) is 4.07. The first kappa shape index (κ1) is 19.3. The summed E-state index contributed by atoms with van der Waals surface area (Å²) in [5, 5.41) is 0. The lowest BCUT2D eigenvalue weighted by Gasteiger charge is -2.31. The average molecular weight is 368 g/mol. The van der Waals surface area contributed by atoms with Crippen LogP contribution in [0.15, 0.2) is 72.8 Å². The summed E-state index contributed by atoms with van der Waals surface area (Å²) in [6.07, 6.45) is 2.16. The summed E-state index contributed by atoms with van der Waals surface area (Å²) in [6, 6.07) is 18.8. The van der Waals surface area contributed by atoms with Crippen LogP contribution in [0.4, 0.5) is 0 Å². The number of esters is 1. The zero-order valence-electron chi connectivity index (χ0n) is 15.3. The Hall–Kier alpha value is -2.47. The molecule has 0 saturated heterocycles. The summed E-state index contributed by atoms with van der Waals surface area (Å²) in [6.45, 7) is 3.24. The number of rotatable bonds is 8. The molecule has 0 unspecified atom stereocenters. The monoisotopic (exact) mass is 368 g/mol. The summed E-state index contributed by atoms with van der Waals surface area (Å²) < 4.78 is 22.8. The van der Waals surface area contributed by atoms with Crippen LogP contribution >= 0.6 is 0 Å². The quantitative estimate of drug-likeness (QED) is 0.525. The van der Waals surface area contributed by atoms with Gasteiger partial charge in [0.25, 0.3) is 0 Å². The van der Waals surface area contributed by atoms with E-state index < -0.39 is 18.4 Å².